The molecule has 2 aromatic carbocycles. The van der Waals surface area contributed by atoms with E-state index in [0.29, 0.717) is 0 Å². The molecule has 2 N–H and O–H groups in total. The summed E-state index contributed by atoms with van der Waals surface area (Å²) in [6, 6.07) is 14.1. The van der Waals surface area contributed by atoms with Crippen molar-refractivity contribution in [1.29, 1.82) is 0 Å². The number of hydrogen-bond acceptors (Lipinski definition) is 2. The van der Waals surface area contributed by atoms with Crippen LogP contribution in [-0.4, -0.2) is 9.55 Å². The molecule has 1 aromatic heterocycles. The van der Waals surface area contributed by atoms with Gasteiger partial charge < -0.3 is 10.3 Å². The number of rotatable bonds is 1. The van der Waals surface area contributed by atoms with Crippen molar-refractivity contribution < 1.29 is 0 Å². The summed E-state index contributed by atoms with van der Waals surface area (Å²) in [5.74, 6) is 0.941. The molecule has 21 heavy (non-hydrogen) atoms. The quantitative estimate of drug-likeness (QED) is 0.644. The Morgan fingerprint density at radius 3 is 2.48 bits per heavy atom. The lowest BCUT2D eigenvalue weighted by Gasteiger charge is -2.25. The molecule has 1 heterocycles. The molecular weight excluding hydrogens is 326 g/mol. The topological polar surface area (TPSA) is 43.8 Å². The molecule has 3 aromatic rings. The van der Waals surface area contributed by atoms with Crippen LogP contribution in [0.2, 0.25) is 0 Å². The van der Waals surface area contributed by atoms with Gasteiger partial charge in [-0.15, -0.1) is 0 Å². The molecule has 0 atom stereocenters. The summed E-state index contributed by atoms with van der Waals surface area (Å²) >= 11 is 3.51. The van der Waals surface area contributed by atoms with Crippen LogP contribution >= 0.6 is 15.9 Å². The molecule has 0 amide bonds. The second-order valence-corrected chi connectivity index (χ2v) is 7.12. The zero-order valence-corrected chi connectivity index (χ0v) is 14.0. The predicted molar refractivity (Wildman–Crippen MR) is 92.3 cm³/mol. The summed E-state index contributed by atoms with van der Waals surface area (Å²) in [5.41, 5.74) is 9.80. The first kappa shape index (κ1) is 14.1. The zero-order chi connectivity index (χ0) is 15.2. The van der Waals surface area contributed by atoms with Gasteiger partial charge in [0.25, 0.3) is 0 Å². The minimum Gasteiger partial charge on any atom is -0.399 e. The highest BCUT2D eigenvalue weighted by molar-refractivity contribution is 9.10. The van der Waals surface area contributed by atoms with Gasteiger partial charge in [-0.05, 0) is 51.1 Å². The van der Waals surface area contributed by atoms with Crippen LogP contribution in [0.25, 0.3) is 22.4 Å². The number of fused-ring (bicyclic) bond motifs is 1. The average Bonchev–Trinajstić information content (AvgIpc) is 2.76. The molecule has 0 bridgehead atoms. The Labute approximate surface area is 132 Å². The lowest BCUT2D eigenvalue weighted by Crippen LogP contribution is -2.22. The molecule has 0 saturated carbocycles. The Bertz CT molecular complexity index is 792. The molecule has 4 heteroatoms. The van der Waals surface area contributed by atoms with Crippen molar-refractivity contribution in [3.8, 4) is 11.4 Å². The van der Waals surface area contributed by atoms with Crippen LogP contribution in [0.15, 0.2) is 46.9 Å². The van der Waals surface area contributed by atoms with Crippen LogP contribution in [0, 0.1) is 0 Å². The van der Waals surface area contributed by atoms with Gasteiger partial charge in [0, 0.05) is 21.3 Å². The zero-order valence-electron chi connectivity index (χ0n) is 12.4. The number of nitrogens with two attached hydrogens (primary N) is 1. The maximum absolute atomic E-state index is 5.98. The van der Waals surface area contributed by atoms with Crippen LogP contribution in [-0.2, 0) is 5.54 Å². The standard InChI is InChI=1S/C17H18BrN3/c1-17(2,3)21-15-7-5-4-6-14(15)20-16(21)11-8-12(18)10-13(19)9-11/h4-10H,19H2,1-3H3. The molecule has 0 radical (unpaired) electrons. The van der Waals surface area contributed by atoms with Crippen molar-refractivity contribution in [2.75, 3.05) is 5.73 Å². The van der Waals surface area contributed by atoms with E-state index in [1.165, 1.54) is 0 Å². The third kappa shape index (κ3) is 2.56. The average molecular weight is 344 g/mol. The highest BCUT2D eigenvalue weighted by Gasteiger charge is 2.22. The van der Waals surface area contributed by atoms with Gasteiger partial charge in [-0.1, -0.05) is 28.1 Å². The van der Waals surface area contributed by atoms with E-state index in [9.17, 15) is 0 Å². The number of para-hydroxylation sites is 2. The first-order valence-corrected chi connectivity index (χ1v) is 7.70. The fourth-order valence-corrected chi connectivity index (χ4v) is 3.15. The number of benzene rings is 2. The number of anilines is 1. The van der Waals surface area contributed by atoms with Crippen molar-refractivity contribution in [3.63, 3.8) is 0 Å². The van der Waals surface area contributed by atoms with E-state index < -0.39 is 0 Å². The minimum atomic E-state index is -0.0669. The monoisotopic (exact) mass is 343 g/mol. The highest BCUT2D eigenvalue weighted by atomic mass is 79.9. The van der Waals surface area contributed by atoms with Crippen molar-refractivity contribution >= 4 is 32.7 Å². The Kier molecular flexibility index (Phi) is 3.29. The number of aromatic nitrogens is 2. The third-order valence-electron chi connectivity index (χ3n) is 3.41. The third-order valence-corrected chi connectivity index (χ3v) is 3.87. The fraction of sp³-hybridized carbons (Fsp3) is 0.235. The van der Waals surface area contributed by atoms with Crippen LogP contribution in [0.3, 0.4) is 0 Å². The van der Waals surface area contributed by atoms with Crippen molar-refractivity contribution in [2.45, 2.75) is 26.3 Å². The SMILES string of the molecule is CC(C)(C)n1c(-c2cc(N)cc(Br)c2)nc2ccccc21. The van der Waals surface area contributed by atoms with E-state index in [-0.39, 0.29) is 5.54 Å². The van der Waals surface area contributed by atoms with E-state index in [1.54, 1.807) is 0 Å². The van der Waals surface area contributed by atoms with Gasteiger partial charge in [0.05, 0.1) is 11.0 Å². The van der Waals surface area contributed by atoms with E-state index in [2.05, 4.69) is 53.4 Å². The number of halogens is 1. The Hall–Kier alpha value is -1.81. The Morgan fingerprint density at radius 2 is 1.81 bits per heavy atom. The fourth-order valence-electron chi connectivity index (χ4n) is 2.64. The van der Waals surface area contributed by atoms with Gasteiger partial charge in [-0.25, -0.2) is 4.98 Å². The largest absolute Gasteiger partial charge is 0.399 e. The molecule has 0 fully saturated rings. The second kappa shape index (κ2) is 4.88. The van der Waals surface area contributed by atoms with E-state index in [1.807, 2.05) is 30.3 Å². The summed E-state index contributed by atoms with van der Waals surface area (Å²) in [4.78, 5) is 4.82. The van der Waals surface area contributed by atoms with Crippen molar-refractivity contribution in [3.05, 3.63) is 46.9 Å². The van der Waals surface area contributed by atoms with Crippen molar-refractivity contribution in [2.24, 2.45) is 0 Å². The molecule has 0 aliphatic rings. The molecule has 0 saturated heterocycles. The Balaban J connectivity index is 2.36. The molecule has 0 aliphatic carbocycles. The van der Waals surface area contributed by atoms with E-state index in [0.717, 1.165) is 32.6 Å². The maximum Gasteiger partial charge on any atom is 0.141 e. The number of nitrogens with zero attached hydrogens (tertiary/aromatic N) is 2. The molecular formula is C17H18BrN3. The van der Waals surface area contributed by atoms with Crippen molar-refractivity contribution in [1.82, 2.24) is 9.55 Å². The smallest absolute Gasteiger partial charge is 0.141 e. The summed E-state index contributed by atoms with van der Waals surface area (Å²) in [7, 11) is 0. The van der Waals surface area contributed by atoms with E-state index in [4.69, 9.17) is 10.7 Å². The van der Waals surface area contributed by atoms with Crippen LogP contribution in [0.1, 0.15) is 20.8 Å². The second-order valence-electron chi connectivity index (χ2n) is 6.20. The van der Waals surface area contributed by atoms with Gasteiger partial charge in [-0.2, -0.15) is 0 Å². The lowest BCUT2D eigenvalue weighted by molar-refractivity contribution is 0.413. The van der Waals surface area contributed by atoms with Gasteiger partial charge in [0.2, 0.25) is 0 Å². The van der Waals surface area contributed by atoms with Crippen LogP contribution < -0.4 is 5.73 Å². The lowest BCUT2D eigenvalue weighted by atomic mass is 10.1. The summed E-state index contributed by atoms with van der Waals surface area (Å²) in [6.07, 6.45) is 0. The first-order chi connectivity index (χ1) is 9.86. The maximum atomic E-state index is 5.98. The summed E-state index contributed by atoms with van der Waals surface area (Å²) in [5, 5.41) is 0. The number of hydrogen-bond donors (Lipinski definition) is 1. The first-order valence-electron chi connectivity index (χ1n) is 6.91. The van der Waals surface area contributed by atoms with Gasteiger partial charge in [0.1, 0.15) is 5.82 Å². The van der Waals surface area contributed by atoms with Gasteiger partial charge in [0.15, 0.2) is 0 Å². The number of nitrogen functional groups attached to an aromatic ring is 1. The van der Waals surface area contributed by atoms with Gasteiger partial charge >= 0.3 is 0 Å². The minimum absolute atomic E-state index is 0.0669. The van der Waals surface area contributed by atoms with Crippen LogP contribution in [0.5, 0.6) is 0 Å². The van der Waals surface area contributed by atoms with Gasteiger partial charge in [-0.3, -0.25) is 0 Å². The summed E-state index contributed by atoms with van der Waals surface area (Å²) < 4.78 is 3.23. The molecule has 108 valence electrons. The van der Waals surface area contributed by atoms with Crippen LogP contribution in [0.4, 0.5) is 5.69 Å². The predicted octanol–water partition coefficient (Wildman–Crippen LogP) is 4.80. The summed E-state index contributed by atoms with van der Waals surface area (Å²) in [6.45, 7) is 6.56. The highest BCUT2D eigenvalue weighted by Crippen LogP contribution is 2.33. The Morgan fingerprint density at radius 1 is 1.10 bits per heavy atom. The molecule has 3 nitrogen and oxygen atoms in total. The molecule has 0 aliphatic heterocycles. The van der Waals surface area contributed by atoms with E-state index >= 15 is 0 Å². The molecule has 0 unspecified atom stereocenters. The molecule has 3 rings (SSSR count). The number of imidazole rings is 1. The molecule has 0 spiro atoms. The normalized spacial score (nSPS) is 12.0.